The summed E-state index contributed by atoms with van der Waals surface area (Å²) in [5.41, 5.74) is 1.68. The molecule has 0 aliphatic heterocycles. The Hall–Kier alpha value is -2.01. The van der Waals surface area contributed by atoms with Crippen molar-refractivity contribution in [3.05, 3.63) is 64.5 Å². The fourth-order valence-corrected chi connectivity index (χ4v) is 2.17. The summed E-state index contributed by atoms with van der Waals surface area (Å²) in [5.74, 6) is 1.61. The molecule has 0 N–H and O–H groups in total. The Morgan fingerprint density at radius 1 is 1.31 bits per heavy atom. The summed E-state index contributed by atoms with van der Waals surface area (Å²) in [7, 11) is 1.98. The minimum Gasteiger partial charge on any atom is -0.491 e. The molecule has 1 atom stereocenters. The minimum absolute atomic E-state index is 0.0841. The third-order valence-corrected chi connectivity index (χ3v) is 4.32. The van der Waals surface area contributed by atoms with E-state index in [1.54, 1.807) is 6.34 Å². The molecule has 4 nitrogen and oxygen atoms in total. The molecule has 0 saturated carbocycles. The van der Waals surface area contributed by atoms with Gasteiger partial charge >= 0.3 is 0 Å². The molecule has 0 bridgehead atoms. The van der Waals surface area contributed by atoms with Crippen molar-refractivity contribution < 1.29 is 9.47 Å². The zero-order chi connectivity index (χ0) is 19.5. The molecule has 0 saturated heterocycles. The lowest BCUT2D eigenvalue weighted by Crippen LogP contribution is -2.17. The number of nitrogens with zero attached hydrogens (tertiary/aromatic N) is 2. The molecular formula is C21H29BrN2O2. The number of hydrogen-bond donors (Lipinski definition) is 0. The number of rotatable bonds is 10. The van der Waals surface area contributed by atoms with Crippen LogP contribution < -0.4 is 4.74 Å². The Balaban J connectivity index is 2.72. The van der Waals surface area contributed by atoms with Crippen molar-refractivity contribution >= 4 is 22.3 Å². The van der Waals surface area contributed by atoms with Gasteiger partial charge in [0.2, 0.25) is 0 Å². The predicted molar refractivity (Wildman–Crippen MR) is 114 cm³/mol. The van der Waals surface area contributed by atoms with E-state index in [-0.39, 0.29) is 6.10 Å². The van der Waals surface area contributed by atoms with Crippen molar-refractivity contribution in [2.75, 3.05) is 20.2 Å². The van der Waals surface area contributed by atoms with E-state index in [1.165, 1.54) is 0 Å². The van der Waals surface area contributed by atoms with Gasteiger partial charge in [-0.2, -0.15) is 0 Å². The number of hydrogen-bond acceptors (Lipinski definition) is 3. The summed E-state index contributed by atoms with van der Waals surface area (Å²) >= 11 is 3.57. The van der Waals surface area contributed by atoms with Gasteiger partial charge in [0.15, 0.2) is 0 Å². The summed E-state index contributed by atoms with van der Waals surface area (Å²) in [6.07, 6.45) is 3.63. The first-order valence-corrected chi connectivity index (χ1v) is 9.45. The molecule has 0 fully saturated rings. The van der Waals surface area contributed by atoms with E-state index >= 15 is 0 Å². The molecule has 5 heteroatoms. The number of halogens is 1. The highest BCUT2D eigenvalue weighted by atomic mass is 79.9. The van der Waals surface area contributed by atoms with E-state index in [1.807, 2.05) is 69.1 Å². The van der Waals surface area contributed by atoms with E-state index in [9.17, 15) is 0 Å². The van der Waals surface area contributed by atoms with Crippen LogP contribution in [-0.4, -0.2) is 37.5 Å². The standard InChI is InChI=1S/C21H29BrN2O2/c1-7-24(6)15-23-21(16(2)3)13-20(22)18(5)26-17(4)14-25-19-11-9-8-10-12-19/h8-13,15,17H,2,7,14H2,1,3-6H3/b20-18-,21-13+,23-15?. The summed E-state index contributed by atoms with van der Waals surface area (Å²) in [5, 5.41) is 0. The maximum Gasteiger partial charge on any atom is 0.129 e. The lowest BCUT2D eigenvalue weighted by atomic mass is 10.2. The zero-order valence-electron chi connectivity index (χ0n) is 16.3. The Labute approximate surface area is 166 Å². The van der Waals surface area contributed by atoms with Crippen molar-refractivity contribution in [3.8, 4) is 5.75 Å². The average molecular weight is 421 g/mol. The van der Waals surface area contributed by atoms with Gasteiger partial charge in [0, 0.05) is 13.6 Å². The van der Waals surface area contributed by atoms with Crippen LogP contribution in [0.5, 0.6) is 5.75 Å². The molecule has 0 spiro atoms. The van der Waals surface area contributed by atoms with Gasteiger partial charge in [-0.25, -0.2) is 4.99 Å². The Bertz CT molecular complexity index is 666. The fraction of sp³-hybridized carbons (Fsp3) is 0.381. The van der Waals surface area contributed by atoms with Gasteiger partial charge in [0.1, 0.15) is 24.2 Å². The molecule has 0 aliphatic carbocycles. The van der Waals surface area contributed by atoms with Crippen molar-refractivity contribution in [2.45, 2.75) is 33.8 Å². The van der Waals surface area contributed by atoms with Crippen LogP contribution >= 0.6 is 15.9 Å². The monoisotopic (exact) mass is 420 g/mol. The van der Waals surface area contributed by atoms with Crippen molar-refractivity contribution in [2.24, 2.45) is 4.99 Å². The number of para-hydroxylation sites is 1. The first-order valence-electron chi connectivity index (χ1n) is 8.66. The highest BCUT2D eigenvalue weighted by molar-refractivity contribution is 9.11. The molecule has 0 aliphatic rings. The Morgan fingerprint density at radius 3 is 2.54 bits per heavy atom. The smallest absolute Gasteiger partial charge is 0.129 e. The van der Waals surface area contributed by atoms with E-state index < -0.39 is 0 Å². The predicted octanol–water partition coefficient (Wildman–Crippen LogP) is 5.54. The van der Waals surface area contributed by atoms with Crippen molar-refractivity contribution in [3.63, 3.8) is 0 Å². The number of ether oxygens (including phenoxy) is 2. The largest absolute Gasteiger partial charge is 0.491 e. The van der Waals surface area contributed by atoms with Gasteiger partial charge < -0.3 is 14.4 Å². The van der Waals surface area contributed by atoms with Gasteiger partial charge in [-0.3, -0.25) is 0 Å². The first-order chi connectivity index (χ1) is 12.3. The van der Waals surface area contributed by atoms with Crippen LogP contribution in [0.2, 0.25) is 0 Å². The molecule has 1 rings (SSSR count). The lowest BCUT2D eigenvalue weighted by Gasteiger charge is -2.17. The molecule has 0 aromatic heterocycles. The highest BCUT2D eigenvalue weighted by Crippen LogP contribution is 2.21. The minimum atomic E-state index is -0.0841. The second-order valence-corrected chi connectivity index (χ2v) is 6.94. The van der Waals surface area contributed by atoms with Gasteiger partial charge in [-0.1, -0.05) is 24.8 Å². The van der Waals surface area contributed by atoms with Gasteiger partial charge in [-0.05, 0) is 67.4 Å². The molecule has 0 radical (unpaired) electrons. The van der Waals surface area contributed by atoms with Crippen LogP contribution in [0, 0.1) is 0 Å². The summed E-state index contributed by atoms with van der Waals surface area (Å²) < 4.78 is 12.5. The lowest BCUT2D eigenvalue weighted by molar-refractivity contribution is 0.0827. The van der Waals surface area contributed by atoms with E-state index in [0.717, 1.165) is 33.8 Å². The molecular weight excluding hydrogens is 392 g/mol. The second kappa shape index (κ2) is 11.6. The zero-order valence-corrected chi connectivity index (χ0v) is 17.9. The second-order valence-electron chi connectivity index (χ2n) is 6.08. The van der Waals surface area contributed by atoms with E-state index in [4.69, 9.17) is 9.47 Å². The van der Waals surface area contributed by atoms with Crippen LogP contribution in [-0.2, 0) is 4.74 Å². The average Bonchev–Trinajstić information content (AvgIpc) is 2.63. The van der Waals surface area contributed by atoms with E-state index in [0.29, 0.717) is 6.61 Å². The molecule has 1 aromatic carbocycles. The third kappa shape index (κ3) is 8.39. The molecule has 1 unspecified atom stereocenters. The number of allylic oxidation sites excluding steroid dienone is 4. The summed E-state index contributed by atoms with van der Waals surface area (Å²) in [4.78, 5) is 6.49. The van der Waals surface area contributed by atoms with Crippen LogP contribution in [0.3, 0.4) is 0 Å². The van der Waals surface area contributed by atoms with Gasteiger partial charge in [-0.15, -0.1) is 0 Å². The maximum atomic E-state index is 5.93. The number of benzene rings is 1. The van der Waals surface area contributed by atoms with Gasteiger partial charge in [0.05, 0.1) is 16.5 Å². The molecule has 0 heterocycles. The molecule has 26 heavy (non-hydrogen) atoms. The first kappa shape index (κ1) is 22.0. The quantitative estimate of drug-likeness (QED) is 0.215. The van der Waals surface area contributed by atoms with Crippen LogP contribution in [0.25, 0.3) is 0 Å². The van der Waals surface area contributed by atoms with Crippen molar-refractivity contribution in [1.82, 2.24) is 4.90 Å². The normalized spacial score (nSPS) is 14.0. The molecule has 1 aromatic rings. The third-order valence-electron chi connectivity index (χ3n) is 3.54. The maximum absolute atomic E-state index is 5.93. The van der Waals surface area contributed by atoms with Crippen LogP contribution in [0.1, 0.15) is 27.7 Å². The highest BCUT2D eigenvalue weighted by Gasteiger charge is 2.08. The van der Waals surface area contributed by atoms with Crippen molar-refractivity contribution in [1.29, 1.82) is 0 Å². The summed E-state index contributed by atoms with van der Waals surface area (Å²) in [6, 6.07) is 9.71. The van der Waals surface area contributed by atoms with E-state index in [2.05, 4.69) is 34.4 Å². The van der Waals surface area contributed by atoms with Gasteiger partial charge in [0.25, 0.3) is 0 Å². The molecule has 142 valence electrons. The SMILES string of the molecule is C=C(C)/C(=C\C(Br)=C(/C)OC(C)COc1ccccc1)N=CN(C)CC. The van der Waals surface area contributed by atoms with Crippen LogP contribution in [0.15, 0.2) is 69.5 Å². The summed E-state index contributed by atoms with van der Waals surface area (Å²) in [6.45, 7) is 13.3. The Morgan fingerprint density at radius 2 is 1.96 bits per heavy atom. The number of aliphatic imine (C=N–C) groups is 1. The topological polar surface area (TPSA) is 34.1 Å². The molecule has 0 amide bonds. The van der Waals surface area contributed by atoms with Crippen LogP contribution in [0.4, 0.5) is 0 Å². The fourth-order valence-electron chi connectivity index (χ4n) is 1.86. The Kier molecular flexibility index (Phi) is 9.81.